The molecular weight excluding hydrogens is 426 g/mol. The van der Waals surface area contributed by atoms with Gasteiger partial charge in [0, 0.05) is 32.1 Å². The molecule has 3 amide bonds. The van der Waals surface area contributed by atoms with Crippen molar-refractivity contribution >= 4 is 23.9 Å². The summed E-state index contributed by atoms with van der Waals surface area (Å²) in [4.78, 5) is 51.3. The minimum atomic E-state index is -1.07. The summed E-state index contributed by atoms with van der Waals surface area (Å²) < 4.78 is 5.40. The zero-order valence-electron chi connectivity index (χ0n) is 19.7. The van der Waals surface area contributed by atoms with E-state index in [0.29, 0.717) is 39.0 Å². The normalized spacial score (nSPS) is 19.1. The van der Waals surface area contributed by atoms with E-state index in [0.717, 1.165) is 12.8 Å². The number of hydrogen-bond donors (Lipinski definition) is 2. The standard InChI is InChI=1S/C24H35N3O6/c1-5-19(16-21(29)30)25-22(31)18-10-14-26(15-11-18)20(28)7-6-17-8-12-27(13-9-17)23(32)33-24(2,3)4/h1,6-7,17-19H,8-16H2,2-4H3,(H,25,31)(H,29,30)/b7-6+/t19-/m1/s1. The quantitative estimate of drug-likeness (QED) is 0.462. The van der Waals surface area contributed by atoms with Crippen LogP contribution in [0.5, 0.6) is 0 Å². The summed E-state index contributed by atoms with van der Waals surface area (Å²) in [7, 11) is 0. The van der Waals surface area contributed by atoms with Crippen LogP contribution in [-0.4, -0.2) is 76.6 Å². The Kier molecular flexibility index (Phi) is 9.32. The average molecular weight is 462 g/mol. The fourth-order valence-corrected chi connectivity index (χ4v) is 3.90. The van der Waals surface area contributed by atoms with E-state index in [1.165, 1.54) is 0 Å². The molecule has 2 aliphatic rings. The van der Waals surface area contributed by atoms with Crippen LogP contribution in [0.2, 0.25) is 0 Å². The van der Waals surface area contributed by atoms with Gasteiger partial charge in [0.25, 0.3) is 0 Å². The molecule has 2 heterocycles. The average Bonchev–Trinajstić information content (AvgIpc) is 2.75. The summed E-state index contributed by atoms with van der Waals surface area (Å²) in [5.74, 6) is 0.797. The van der Waals surface area contributed by atoms with Gasteiger partial charge in [-0.05, 0) is 58.4 Å². The maximum Gasteiger partial charge on any atom is 0.410 e. The smallest absolute Gasteiger partial charge is 0.410 e. The Morgan fingerprint density at radius 3 is 2.18 bits per heavy atom. The lowest BCUT2D eigenvalue weighted by atomic mass is 9.94. The lowest BCUT2D eigenvalue weighted by Crippen LogP contribution is -2.45. The van der Waals surface area contributed by atoms with Crippen molar-refractivity contribution in [3.8, 4) is 12.3 Å². The predicted octanol–water partition coefficient (Wildman–Crippen LogP) is 2.02. The second-order valence-corrected chi connectivity index (χ2v) is 9.59. The molecule has 0 aromatic rings. The van der Waals surface area contributed by atoms with Crippen molar-refractivity contribution in [2.75, 3.05) is 26.2 Å². The third-order valence-corrected chi connectivity index (χ3v) is 5.78. The van der Waals surface area contributed by atoms with E-state index < -0.39 is 17.6 Å². The van der Waals surface area contributed by atoms with Gasteiger partial charge in [0.2, 0.25) is 11.8 Å². The SMILES string of the molecule is C#C[C@H](CC(=O)O)NC(=O)C1CCN(C(=O)/C=C/C2CCN(C(=O)OC(C)(C)C)CC2)CC1. The van der Waals surface area contributed by atoms with E-state index >= 15 is 0 Å². The molecule has 2 N–H and O–H groups in total. The Labute approximate surface area is 195 Å². The number of terminal acetylenes is 1. The summed E-state index contributed by atoms with van der Waals surface area (Å²) in [5, 5.41) is 11.4. The molecular formula is C24H35N3O6. The first-order valence-corrected chi connectivity index (χ1v) is 11.4. The molecule has 0 saturated carbocycles. The lowest BCUT2D eigenvalue weighted by molar-refractivity contribution is -0.138. The van der Waals surface area contributed by atoms with Gasteiger partial charge in [-0.25, -0.2) is 4.79 Å². The van der Waals surface area contributed by atoms with Crippen LogP contribution in [0.3, 0.4) is 0 Å². The van der Waals surface area contributed by atoms with E-state index in [2.05, 4.69) is 11.2 Å². The molecule has 0 radical (unpaired) electrons. The number of rotatable bonds is 6. The maximum absolute atomic E-state index is 12.6. The molecule has 2 fully saturated rings. The minimum Gasteiger partial charge on any atom is -0.481 e. The first kappa shape index (κ1) is 26.2. The largest absolute Gasteiger partial charge is 0.481 e. The number of allylic oxidation sites excluding steroid dienone is 1. The Balaban J connectivity index is 1.74. The number of carbonyl (C=O) groups excluding carboxylic acids is 3. The Bertz CT molecular complexity index is 794. The lowest BCUT2D eigenvalue weighted by Gasteiger charge is -2.33. The number of piperidine rings is 2. The van der Waals surface area contributed by atoms with Crippen molar-refractivity contribution in [3.63, 3.8) is 0 Å². The van der Waals surface area contributed by atoms with Crippen LogP contribution in [-0.2, 0) is 19.1 Å². The molecule has 0 unspecified atom stereocenters. The van der Waals surface area contributed by atoms with Crippen LogP contribution < -0.4 is 5.32 Å². The van der Waals surface area contributed by atoms with Crippen LogP contribution >= 0.6 is 0 Å². The van der Waals surface area contributed by atoms with Crippen molar-refractivity contribution in [2.24, 2.45) is 11.8 Å². The van der Waals surface area contributed by atoms with E-state index in [1.54, 1.807) is 15.9 Å². The molecule has 0 spiro atoms. The number of carbonyl (C=O) groups is 4. The van der Waals surface area contributed by atoms with Crippen molar-refractivity contribution in [1.82, 2.24) is 15.1 Å². The maximum atomic E-state index is 12.6. The van der Waals surface area contributed by atoms with Gasteiger partial charge < -0.3 is 25.0 Å². The molecule has 33 heavy (non-hydrogen) atoms. The fraction of sp³-hybridized carbons (Fsp3) is 0.667. The number of aliphatic carboxylic acids is 1. The molecule has 2 rings (SSSR count). The van der Waals surface area contributed by atoms with Crippen LogP contribution in [0.1, 0.15) is 52.9 Å². The Morgan fingerprint density at radius 1 is 1.09 bits per heavy atom. The first-order chi connectivity index (χ1) is 15.5. The second-order valence-electron chi connectivity index (χ2n) is 9.59. The van der Waals surface area contributed by atoms with Crippen LogP contribution in [0.15, 0.2) is 12.2 Å². The second kappa shape index (κ2) is 11.7. The molecule has 1 atom stereocenters. The molecule has 9 heteroatoms. The highest BCUT2D eigenvalue weighted by atomic mass is 16.6. The van der Waals surface area contributed by atoms with Crippen LogP contribution in [0.4, 0.5) is 4.79 Å². The number of nitrogens with one attached hydrogen (secondary N) is 1. The van der Waals surface area contributed by atoms with Gasteiger partial charge in [0.1, 0.15) is 11.6 Å². The van der Waals surface area contributed by atoms with Crippen molar-refractivity contribution in [3.05, 3.63) is 12.2 Å². The fourth-order valence-electron chi connectivity index (χ4n) is 3.90. The molecule has 0 aromatic carbocycles. The molecule has 0 bridgehead atoms. The number of carboxylic acids is 1. The molecule has 182 valence electrons. The minimum absolute atomic E-state index is 0.0872. The predicted molar refractivity (Wildman–Crippen MR) is 122 cm³/mol. The van der Waals surface area contributed by atoms with Gasteiger partial charge >= 0.3 is 12.1 Å². The summed E-state index contributed by atoms with van der Waals surface area (Å²) in [6, 6.07) is -0.834. The molecule has 0 aliphatic carbocycles. The summed E-state index contributed by atoms with van der Waals surface area (Å²) in [6.07, 6.45) is 10.7. The molecule has 2 saturated heterocycles. The molecule has 2 aliphatic heterocycles. The number of amides is 3. The zero-order valence-corrected chi connectivity index (χ0v) is 19.7. The summed E-state index contributed by atoms with van der Waals surface area (Å²) in [5.41, 5.74) is -0.518. The Hall–Kier alpha value is -3.02. The number of nitrogens with zero attached hydrogens (tertiary/aromatic N) is 2. The summed E-state index contributed by atoms with van der Waals surface area (Å²) >= 11 is 0. The third-order valence-electron chi connectivity index (χ3n) is 5.78. The van der Waals surface area contributed by atoms with Gasteiger partial charge in [-0.3, -0.25) is 14.4 Å². The third kappa shape index (κ3) is 8.79. The van der Waals surface area contributed by atoms with Gasteiger partial charge in [-0.15, -0.1) is 6.42 Å². The first-order valence-electron chi connectivity index (χ1n) is 11.4. The van der Waals surface area contributed by atoms with Gasteiger partial charge in [-0.2, -0.15) is 0 Å². The van der Waals surface area contributed by atoms with Crippen LogP contribution in [0.25, 0.3) is 0 Å². The van der Waals surface area contributed by atoms with Crippen molar-refractivity contribution in [2.45, 2.75) is 64.5 Å². The highest BCUT2D eigenvalue weighted by Crippen LogP contribution is 2.22. The Morgan fingerprint density at radius 2 is 1.67 bits per heavy atom. The number of likely N-dealkylation sites (tertiary alicyclic amines) is 2. The number of ether oxygens (including phenoxy) is 1. The zero-order chi connectivity index (χ0) is 24.6. The van der Waals surface area contributed by atoms with E-state index in [9.17, 15) is 19.2 Å². The summed E-state index contributed by atoms with van der Waals surface area (Å²) in [6.45, 7) is 7.63. The van der Waals surface area contributed by atoms with Crippen molar-refractivity contribution in [1.29, 1.82) is 0 Å². The van der Waals surface area contributed by atoms with E-state index in [1.807, 2.05) is 26.8 Å². The molecule has 9 nitrogen and oxygen atoms in total. The monoisotopic (exact) mass is 461 g/mol. The van der Waals surface area contributed by atoms with Crippen molar-refractivity contribution < 1.29 is 29.0 Å². The van der Waals surface area contributed by atoms with Crippen LogP contribution in [0, 0.1) is 24.2 Å². The van der Waals surface area contributed by atoms with Gasteiger partial charge in [0.15, 0.2) is 0 Å². The number of hydrogen-bond acceptors (Lipinski definition) is 5. The molecule has 0 aromatic heterocycles. The van der Waals surface area contributed by atoms with Gasteiger partial charge in [-0.1, -0.05) is 12.0 Å². The van der Waals surface area contributed by atoms with E-state index in [4.69, 9.17) is 16.3 Å². The highest BCUT2D eigenvalue weighted by Gasteiger charge is 2.29. The number of carboxylic acid groups (broad SMARTS) is 1. The topological polar surface area (TPSA) is 116 Å². The van der Waals surface area contributed by atoms with E-state index in [-0.39, 0.29) is 36.2 Å². The highest BCUT2D eigenvalue weighted by molar-refractivity contribution is 5.88. The van der Waals surface area contributed by atoms with Gasteiger partial charge in [0.05, 0.1) is 6.42 Å².